The highest BCUT2D eigenvalue weighted by Crippen LogP contribution is 2.24. The molecule has 0 atom stereocenters. The maximum Gasteiger partial charge on any atom is 0.303 e. The van der Waals surface area contributed by atoms with Gasteiger partial charge in [0.1, 0.15) is 0 Å². The summed E-state index contributed by atoms with van der Waals surface area (Å²) in [6.07, 6.45) is 0.0660. The number of carbonyl (C=O) groups is 2. The molecule has 19 heavy (non-hydrogen) atoms. The fourth-order valence-corrected chi connectivity index (χ4v) is 2.09. The number of nitrogens with zero attached hydrogens (tertiary/aromatic N) is 1. The Morgan fingerprint density at radius 3 is 2.74 bits per heavy atom. The number of ether oxygens (including phenoxy) is 1. The van der Waals surface area contributed by atoms with E-state index in [4.69, 9.17) is 9.84 Å². The zero-order valence-electron chi connectivity index (χ0n) is 10.4. The summed E-state index contributed by atoms with van der Waals surface area (Å²) in [4.78, 5) is 24.1. The molecule has 1 amide bonds. The van der Waals surface area contributed by atoms with E-state index in [1.54, 1.807) is 4.90 Å². The molecule has 0 radical (unpaired) electrons. The van der Waals surface area contributed by atoms with Crippen LogP contribution in [0.1, 0.15) is 16.8 Å². The molecule has 0 saturated carbocycles. The summed E-state index contributed by atoms with van der Waals surface area (Å²) in [5.41, 5.74) is 0.340. The fourth-order valence-electron chi connectivity index (χ4n) is 2.09. The minimum absolute atomic E-state index is 0.00351. The molecule has 6 heteroatoms. The summed E-state index contributed by atoms with van der Waals surface area (Å²) in [6.45, 7) is 0.843. The Balaban J connectivity index is 2.00. The van der Waals surface area contributed by atoms with Crippen molar-refractivity contribution in [2.75, 3.05) is 20.2 Å². The molecule has 1 aromatic carbocycles. The highest BCUT2D eigenvalue weighted by atomic mass is 19.1. The molecule has 0 bridgehead atoms. The van der Waals surface area contributed by atoms with Gasteiger partial charge in [0, 0.05) is 24.6 Å². The van der Waals surface area contributed by atoms with E-state index in [-0.39, 0.29) is 24.0 Å². The average Bonchev–Trinajstić information content (AvgIpc) is 2.33. The van der Waals surface area contributed by atoms with Crippen LogP contribution >= 0.6 is 0 Å². The van der Waals surface area contributed by atoms with Crippen molar-refractivity contribution in [2.45, 2.75) is 6.42 Å². The molecule has 1 aliphatic heterocycles. The molecule has 0 spiro atoms. The quantitative estimate of drug-likeness (QED) is 0.895. The number of halogens is 1. The van der Waals surface area contributed by atoms with Gasteiger partial charge in [0.05, 0.1) is 13.5 Å². The first-order valence-corrected chi connectivity index (χ1v) is 5.86. The summed E-state index contributed by atoms with van der Waals surface area (Å²) in [5.74, 6) is -1.59. The van der Waals surface area contributed by atoms with Gasteiger partial charge in [-0.1, -0.05) is 0 Å². The van der Waals surface area contributed by atoms with E-state index in [1.165, 1.54) is 25.3 Å². The van der Waals surface area contributed by atoms with Crippen LogP contribution in [0.3, 0.4) is 0 Å². The lowest BCUT2D eigenvalue weighted by Crippen LogP contribution is -2.50. The lowest BCUT2D eigenvalue weighted by atomic mass is 9.95. The molecule has 1 heterocycles. The van der Waals surface area contributed by atoms with Crippen molar-refractivity contribution in [3.63, 3.8) is 0 Å². The summed E-state index contributed by atoms with van der Waals surface area (Å²) in [7, 11) is 1.33. The SMILES string of the molecule is COc1cc(C(=O)N2CC(CC(=O)O)C2)ccc1F. The molecule has 1 aliphatic rings. The first kappa shape index (κ1) is 13.3. The second-order valence-corrected chi connectivity index (χ2v) is 4.52. The van der Waals surface area contributed by atoms with Crippen molar-refractivity contribution in [1.82, 2.24) is 4.90 Å². The number of rotatable bonds is 4. The molecule has 0 aliphatic carbocycles. The van der Waals surface area contributed by atoms with E-state index in [9.17, 15) is 14.0 Å². The molecule has 102 valence electrons. The van der Waals surface area contributed by atoms with Crippen LogP contribution in [-0.4, -0.2) is 42.1 Å². The Hall–Kier alpha value is -2.11. The van der Waals surface area contributed by atoms with E-state index in [0.717, 1.165) is 0 Å². The minimum atomic E-state index is -0.861. The Bertz CT molecular complexity index is 511. The second kappa shape index (κ2) is 5.26. The number of benzene rings is 1. The fraction of sp³-hybridized carbons (Fsp3) is 0.385. The van der Waals surface area contributed by atoms with Gasteiger partial charge in [0.2, 0.25) is 0 Å². The minimum Gasteiger partial charge on any atom is -0.494 e. The summed E-state index contributed by atoms with van der Waals surface area (Å²) < 4.78 is 18.0. The largest absolute Gasteiger partial charge is 0.494 e. The van der Waals surface area contributed by atoms with Gasteiger partial charge >= 0.3 is 5.97 Å². The van der Waals surface area contributed by atoms with Crippen LogP contribution in [0.15, 0.2) is 18.2 Å². The van der Waals surface area contributed by atoms with Gasteiger partial charge < -0.3 is 14.7 Å². The number of likely N-dealkylation sites (tertiary alicyclic amines) is 1. The van der Waals surface area contributed by atoms with Crippen LogP contribution < -0.4 is 4.74 Å². The van der Waals surface area contributed by atoms with E-state index >= 15 is 0 Å². The van der Waals surface area contributed by atoms with Gasteiger partial charge in [-0.3, -0.25) is 9.59 Å². The van der Waals surface area contributed by atoms with E-state index in [1.807, 2.05) is 0 Å². The number of carboxylic acid groups (broad SMARTS) is 1. The first-order valence-electron chi connectivity index (χ1n) is 5.86. The second-order valence-electron chi connectivity index (χ2n) is 4.52. The molecular formula is C13H14FNO4. The van der Waals surface area contributed by atoms with Crippen LogP contribution in [0.2, 0.25) is 0 Å². The van der Waals surface area contributed by atoms with Gasteiger partial charge in [-0.25, -0.2) is 4.39 Å². The predicted octanol–water partition coefficient (Wildman–Crippen LogP) is 1.38. The van der Waals surface area contributed by atoms with Gasteiger partial charge in [0.15, 0.2) is 11.6 Å². The zero-order valence-corrected chi connectivity index (χ0v) is 10.4. The first-order chi connectivity index (χ1) is 9.01. The smallest absolute Gasteiger partial charge is 0.303 e. The summed E-state index contributed by atoms with van der Waals surface area (Å²) >= 11 is 0. The number of amides is 1. The van der Waals surface area contributed by atoms with Crippen LogP contribution in [-0.2, 0) is 4.79 Å². The Morgan fingerprint density at radius 2 is 2.16 bits per heavy atom. The maximum atomic E-state index is 13.2. The lowest BCUT2D eigenvalue weighted by Gasteiger charge is -2.38. The van der Waals surface area contributed by atoms with Crippen molar-refractivity contribution in [1.29, 1.82) is 0 Å². The van der Waals surface area contributed by atoms with Gasteiger partial charge in [-0.05, 0) is 18.2 Å². The lowest BCUT2D eigenvalue weighted by molar-refractivity contribution is -0.139. The predicted molar refractivity (Wildman–Crippen MR) is 64.6 cm³/mol. The normalized spacial score (nSPS) is 14.9. The molecule has 0 unspecified atom stereocenters. The number of aliphatic carboxylic acids is 1. The van der Waals surface area contributed by atoms with Crippen molar-refractivity contribution in [2.24, 2.45) is 5.92 Å². The van der Waals surface area contributed by atoms with Gasteiger partial charge in [-0.15, -0.1) is 0 Å². The molecule has 1 aromatic rings. The molecular weight excluding hydrogens is 253 g/mol. The molecule has 0 aromatic heterocycles. The zero-order chi connectivity index (χ0) is 14.0. The summed E-state index contributed by atoms with van der Waals surface area (Å²) in [5, 5.41) is 8.63. The van der Waals surface area contributed by atoms with Gasteiger partial charge in [-0.2, -0.15) is 0 Å². The molecule has 1 saturated heterocycles. The topological polar surface area (TPSA) is 66.8 Å². The van der Waals surface area contributed by atoms with Crippen molar-refractivity contribution in [3.05, 3.63) is 29.6 Å². The van der Waals surface area contributed by atoms with Crippen molar-refractivity contribution >= 4 is 11.9 Å². The standard InChI is InChI=1S/C13H14FNO4/c1-19-11-5-9(2-3-10(11)14)13(18)15-6-8(7-15)4-12(16)17/h2-3,5,8H,4,6-7H2,1H3,(H,16,17). The number of hydrogen-bond donors (Lipinski definition) is 1. The van der Waals surface area contributed by atoms with E-state index in [2.05, 4.69) is 0 Å². The van der Waals surface area contributed by atoms with Crippen LogP contribution in [0.5, 0.6) is 5.75 Å². The van der Waals surface area contributed by atoms with Crippen LogP contribution in [0, 0.1) is 11.7 Å². The molecule has 1 N–H and O–H groups in total. The van der Waals surface area contributed by atoms with E-state index in [0.29, 0.717) is 18.7 Å². The molecule has 5 nitrogen and oxygen atoms in total. The third kappa shape index (κ3) is 2.83. The number of hydrogen-bond acceptors (Lipinski definition) is 3. The Morgan fingerprint density at radius 1 is 1.47 bits per heavy atom. The summed E-state index contributed by atoms with van der Waals surface area (Å²) in [6, 6.07) is 3.92. The number of carbonyl (C=O) groups excluding carboxylic acids is 1. The van der Waals surface area contributed by atoms with Crippen LogP contribution in [0.4, 0.5) is 4.39 Å². The number of methoxy groups -OCH3 is 1. The monoisotopic (exact) mass is 267 g/mol. The maximum absolute atomic E-state index is 13.2. The average molecular weight is 267 g/mol. The Kier molecular flexibility index (Phi) is 3.69. The highest BCUT2D eigenvalue weighted by molar-refractivity contribution is 5.95. The number of carboxylic acids is 1. The third-order valence-electron chi connectivity index (χ3n) is 3.11. The third-order valence-corrected chi connectivity index (χ3v) is 3.11. The van der Waals surface area contributed by atoms with Gasteiger partial charge in [0.25, 0.3) is 5.91 Å². The van der Waals surface area contributed by atoms with Crippen molar-refractivity contribution in [3.8, 4) is 5.75 Å². The van der Waals surface area contributed by atoms with Crippen molar-refractivity contribution < 1.29 is 23.8 Å². The Labute approximate surface area is 109 Å². The highest BCUT2D eigenvalue weighted by Gasteiger charge is 2.32. The van der Waals surface area contributed by atoms with Crippen LogP contribution in [0.25, 0.3) is 0 Å². The van der Waals surface area contributed by atoms with E-state index < -0.39 is 11.8 Å². The molecule has 1 fully saturated rings. The molecule has 2 rings (SSSR count).